The summed E-state index contributed by atoms with van der Waals surface area (Å²) in [6.45, 7) is 6.49. The molecule has 0 saturated carbocycles. The van der Waals surface area contributed by atoms with Gasteiger partial charge in [0.2, 0.25) is 5.78 Å². The Hall–Kier alpha value is -4.06. The van der Waals surface area contributed by atoms with Crippen LogP contribution in [-0.2, 0) is 8.95 Å². The van der Waals surface area contributed by atoms with Gasteiger partial charge >= 0.3 is 0 Å². The molecule has 5 aromatic rings. The lowest BCUT2D eigenvalue weighted by molar-refractivity contribution is 0.106. The minimum absolute atomic E-state index is 0.0584. The van der Waals surface area contributed by atoms with Gasteiger partial charge in [0.25, 0.3) is 0 Å². The molecule has 0 N–H and O–H groups in total. The van der Waals surface area contributed by atoms with Crippen LogP contribution in [0.5, 0.6) is 0 Å². The van der Waals surface area contributed by atoms with Crippen LogP contribution < -0.4 is 5.01 Å². The maximum Gasteiger partial charge on any atom is 0.219 e. The highest BCUT2D eigenvalue weighted by Crippen LogP contribution is 2.71. The molecule has 2 aliphatic heterocycles. The van der Waals surface area contributed by atoms with E-state index in [1.165, 1.54) is 33.4 Å². The Morgan fingerprint density at radius 3 is 1.74 bits per heavy atom. The maximum atomic E-state index is 14.0. The Balaban J connectivity index is 1.51. The Morgan fingerprint density at radius 2 is 1.14 bits per heavy atom. The number of carbonyl (C=O) groups excluding carboxylic acids is 1. The summed E-state index contributed by atoms with van der Waals surface area (Å²) < 4.78 is -1.24. The van der Waals surface area contributed by atoms with Crippen molar-refractivity contribution in [3.05, 3.63) is 172 Å². The number of aryl methyl sites for hydroxylation is 3. The number of thioether (sulfide) groups is 2. The highest BCUT2D eigenvalue weighted by Gasteiger charge is 2.62. The van der Waals surface area contributed by atoms with Crippen molar-refractivity contribution in [3.63, 3.8) is 0 Å². The van der Waals surface area contributed by atoms with Crippen LogP contribution in [0.4, 0.5) is 5.69 Å². The summed E-state index contributed by atoms with van der Waals surface area (Å²) in [7, 11) is 0. The number of carbonyl (C=O) groups is 1. The molecule has 3 nitrogen and oxygen atoms in total. The van der Waals surface area contributed by atoms with E-state index in [0.717, 1.165) is 11.3 Å². The second-order valence-corrected chi connectivity index (χ2v) is 13.7. The summed E-state index contributed by atoms with van der Waals surface area (Å²) in [4.78, 5) is 14.0. The van der Waals surface area contributed by atoms with Crippen LogP contribution in [0.2, 0.25) is 0 Å². The molecular weight excluding hydrogens is 553 g/mol. The van der Waals surface area contributed by atoms with E-state index in [1.807, 2.05) is 42.1 Å². The number of benzene rings is 5. The van der Waals surface area contributed by atoms with Crippen LogP contribution in [0.3, 0.4) is 0 Å². The second-order valence-electron chi connectivity index (χ2n) is 10.9. The molecule has 5 heteroatoms. The maximum absolute atomic E-state index is 14.0. The van der Waals surface area contributed by atoms with Gasteiger partial charge in [0.1, 0.15) is 0 Å². The largest absolute Gasteiger partial charge is 0.286 e. The lowest BCUT2D eigenvalue weighted by atomic mass is 9.79. The number of anilines is 1. The lowest BCUT2D eigenvalue weighted by Gasteiger charge is -2.38. The number of Topliss-reactive ketones (excluding diaryl/α,β-unsaturated/α-hetero) is 1. The molecule has 5 aromatic carbocycles. The van der Waals surface area contributed by atoms with Crippen molar-refractivity contribution in [2.75, 3.05) is 5.01 Å². The van der Waals surface area contributed by atoms with Crippen LogP contribution in [0.1, 0.15) is 49.3 Å². The quantitative estimate of drug-likeness (QED) is 0.193. The summed E-state index contributed by atoms with van der Waals surface area (Å²) in [5.74, 6) is -0.0584. The van der Waals surface area contributed by atoms with E-state index in [9.17, 15) is 4.79 Å². The van der Waals surface area contributed by atoms with Crippen molar-refractivity contribution in [2.24, 2.45) is 5.10 Å². The molecule has 1 spiro atoms. The van der Waals surface area contributed by atoms with Gasteiger partial charge in [-0.2, -0.15) is 5.10 Å². The van der Waals surface area contributed by atoms with E-state index in [1.54, 1.807) is 11.8 Å². The molecule has 0 bridgehead atoms. The third-order valence-electron chi connectivity index (χ3n) is 8.20. The van der Waals surface area contributed by atoms with Gasteiger partial charge in [-0.3, -0.25) is 4.79 Å². The van der Waals surface area contributed by atoms with Gasteiger partial charge in [-0.15, -0.1) is 0 Å². The van der Waals surface area contributed by atoms with Crippen LogP contribution in [-0.4, -0.2) is 10.8 Å². The number of ketones is 1. The van der Waals surface area contributed by atoms with Crippen molar-refractivity contribution < 1.29 is 4.79 Å². The molecule has 0 fully saturated rings. The zero-order chi connectivity index (χ0) is 28.9. The summed E-state index contributed by atoms with van der Waals surface area (Å²) >= 11 is 3.44. The molecule has 7 rings (SSSR count). The number of fused-ring (bicyclic) bond motifs is 2. The van der Waals surface area contributed by atoms with E-state index in [4.69, 9.17) is 5.10 Å². The fraction of sp³-hybridized carbons (Fsp3) is 0.135. The molecule has 0 unspecified atom stereocenters. The molecule has 0 radical (unpaired) electrons. The normalized spacial score (nSPS) is 18.6. The molecule has 0 amide bonds. The van der Waals surface area contributed by atoms with E-state index >= 15 is 0 Å². The standard InChI is InChI=1S/C37H30N2OS2/c1-25-21-23-29(24-22-25)39-37(41-35(38-39)34(40)28-15-5-4-6-16-28)33-20-12-11-19-32(33)36(42-37,30-17-9-7-13-26(30)2)31-18-10-8-14-27(31)3/h4-24H,1-3H3/t37-/m1/s1. The molecule has 0 saturated heterocycles. The third kappa shape index (κ3) is 4.06. The first-order chi connectivity index (χ1) is 20.4. The third-order valence-corrected chi connectivity index (χ3v) is 11.5. The van der Waals surface area contributed by atoms with Crippen LogP contribution in [0, 0.1) is 20.8 Å². The molecule has 1 atom stereocenters. The Kier molecular flexibility index (Phi) is 6.60. The molecule has 0 aliphatic carbocycles. The van der Waals surface area contributed by atoms with Gasteiger partial charge in [0.15, 0.2) is 9.25 Å². The number of hydrogen-bond donors (Lipinski definition) is 0. The fourth-order valence-corrected chi connectivity index (χ4v) is 9.96. The highest BCUT2D eigenvalue weighted by molar-refractivity contribution is 8.27. The van der Waals surface area contributed by atoms with Crippen molar-refractivity contribution >= 4 is 40.0 Å². The topological polar surface area (TPSA) is 32.7 Å². The first-order valence-corrected chi connectivity index (χ1v) is 15.7. The molecule has 2 aliphatic rings. The monoisotopic (exact) mass is 582 g/mol. The highest BCUT2D eigenvalue weighted by atomic mass is 32.2. The van der Waals surface area contributed by atoms with Gasteiger partial charge in [0.05, 0.1) is 10.4 Å². The van der Waals surface area contributed by atoms with Crippen LogP contribution >= 0.6 is 23.5 Å². The van der Waals surface area contributed by atoms with Gasteiger partial charge in [-0.05, 0) is 60.7 Å². The minimum atomic E-state index is -0.712. The Morgan fingerprint density at radius 1 is 0.619 bits per heavy atom. The molecule has 0 aromatic heterocycles. The van der Waals surface area contributed by atoms with E-state index in [2.05, 4.69) is 123 Å². The fourth-order valence-electron chi connectivity index (χ4n) is 6.17. The smallest absolute Gasteiger partial charge is 0.219 e. The summed E-state index contributed by atoms with van der Waals surface area (Å²) in [5, 5.41) is 7.73. The first kappa shape index (κ1) is 26.8. The molecular formula is C37H30N2OS2. The Labute approximate surface area is 255 Å². The molecule has 2 heterocycles. The van der Waals surface area contributed by atoms with Crippen molar-refractivity contribution in [1.29, 1.82) is 0 Å². The van der Waals surface area contributed by atoms with Crippen LogP contribution in [0.15, 0.2) is 132 Å². The van der Waals surface area contributed by atoms with Gasteiger partial charge < -0.3 is 0 Å². The number of hydrogen-bond acceptors (Lipinski definition) is 5. The van der Waals surface area contributed by atoms with Crippen molar-refractivity contribution in [2.45, 2.75) is 29.7 Å². The second kappa shape index (κ2) is 10.3. The number of nitrogens with zero attached hydrogens (tertiary/aromatic N) is 2. The lowest BCUT2D eigenvalue weighted by Crippen LogP contribution is -2.34. The van der Waals surface area contributed by atoms with E-state index in [-0.39, 0.29) is 5.78 Å². The number of hydrazone groups is 1. The number of rotatable bonds is 5. The summed E-state index contributed by atoms with van der Waals surface area (Å²) in [6.07, 6.45) is 0. The van der Waals surface area contributed by atoms with E-state index in [0.29, 0.717) is 10.6 Å². The minimum Gasteiger partial charge on any atom is -0.286 e. The van der Waals surface area contributed by atoms with Crippen LogP contribution in [0.25, 0.3) is 0 Å². The summed E-state index contributed by atoms with van der Waals surface area (Å²) in [5.41, 5.74) is 10.1. The van der Waals surface area contributed by atoms with Crippen molar-refractivity contribution in [3.8, 4) is 0 Å². The van der Waals surface area contributed by atoms with E-state index < -0.39 is 8.95 Å². The average Bonchev–Trinajstić information content (AvgIpc) is 3.55. The first-order valence-electron chi connectivity index (χ1n) is 14.1. The zero-order valence-electron chi connectivity index (χ0n) is 23.7. The predicted octanol–water partition coefficient (Wildman–Crippen LogP) is 9.21. The van der Waals surface area contributed by atoms with Gasteiger partial charge in [-0.1, -0.05) is 144 Å². The average molecular weight is 583 g/mol. The SMILES string of the molecule is Cc1ccc(N2N=C(C(=O)c3ccccc3)S[C@]23SC(c2ccccc2C)(c2ccccc2C)c2ccccc23)cc1. The Bertz CT molecular complexity index is 1800. The zero-order valence-corrected chi connectivity index (χ0v) is 25.4. The molecule has 206 valence electrons. The predicted molar refractivity (Wildman–Crippen MR) is 177 cm³/mol. The van der Waals surface area contributed by atoms with Gasteiger partial charge in [-0.25, -0.2) is 5.01 Å². The summed E-state index contributed by atoms with van der Waals surface area (Å²) in [6, 6.07) is 44.1. The molecule has 42 heavy (non-hydrogen) atoms. The van der Waals surface area contributed by atoms with Gasteiger partial charge in [0, 0.05) is 11.1 Å². The van der Waals surface area contributed by atoms with Crippen molar-refractivity contribution in [1.82, 2.24) is 0 Å².